The fourth-order valence-corrected chi connectivity index (χ4v) is 2.65. The van der Waals surface area contributed by atoms with Gasteiger partial charge in [0.2, 0.25) is 5.89 Å². The third kappa shape index (κ3) is 3.32. The molecular weight excluding hydrogens is 297 g/mol. The zero-order valence-electron chi connectivity index (χ0n) is 10.9. The molecule has 0 radical (unpaired) electrons. The van der Waals surface area contributed by atoms with Crippen molar-refractivity contribution in [3.05, 3.63) is 45.5 Å². The second-order valence-corrected chi connectivity index (χ2v) is 6.07. The Bertz CT molecular complexity index is 610. The molecule has 0 aliphatic heterocycles. The van der Waals surface area contributed by atoms with Crippen molar-refractivity contribution in [1.29, 1.82) is 0 Å². The Morgan fingerprint density at radius 2 is 2.15 bits per heavy atom. The van der Waals surface area contributed by atoms with Crippen molar-refractivity contribution in [2.45, 2.75) is 31.7 Å². The van der Waals surface area contributed by atoms with Crippen LogP contribution < -0.4 is 5.73 Å². The van der Waals surface area contributed by atoms with Gasteiger partial charge in [-0.25, -0.2) is 0 Å². The van der Waals surface area contributed by atoms with Gasteiger partial charge in [0, 0.05) is 28.9 Å². The lowest BCUT2D eigenvalue weighted by Gasteiger charge is -2.04. The Morgan fingerprint density at radius 1 is 1.35 bits per heavy atom. The molecule has 106 valence electrons. The summed E-state index contributed by atoms with van der Waals surface area (Å²) in [5, 5.41) is 5.20. The number of benzene rings is 1. The highest BCUT2D eigenvalue weighted by molar-refractivity contribution is 6.35. The second-order valence-electron chi connectivity index (χ2n) is 5.22. The largest absolute Gasteiger partial charge is 0.339 e. The molecular formula is C14H15Cl2N3O. The van der Waals surface area contributed by atoms with Gasteiger partial charge in [-0.1, -0.05) is 34.4 Å². The van der Waals surface area contributed by atoms with Gasteiger partial charge in [0.05, 0.1) is 0 Å². The molecule has 1 aliphatic rings. The van der Waals surface area contributed by atoms with Crippen LogP contribution in [-0.4, -0.2) is 16.2 Å². The van der Waals surface area contributed by atoms with E-state index in [0.29, 0.717) is 40.5 Å². The van der Waals surface area contributed by atoms with Crippen LogP contribution >= 0.6 is 23.2 Å². The quantitative estimate of drug-likeness (QED) is 0.920. The van der Waals surface area contributed by atoms with Gasteiger partial charge in [-0.2, -0.15) is 4.98 Å². The number of halogens is 2. The Kier molecular flexibility index (Phi) is 3.96. The lowest BCUT2D eigenvalue weighted by Crippen LogP contribution is -2.25. The lowest BCUT2D eigenvalue weighted by molar-refractivity contribution is 0.359. The van der Waals surface area contributed by atoms with Crippen LogP contribution in [0.2, 0.25) is 10.0 Å². The molecule has 20 heavy (non-hydrogen) atoms. The van der Waals surface area contributed by atoms with E-state index in [9.17, 15) is 0 Å². The van der Waals surface area contributed by atoms with E-state index in [0.717, 1.165) is 5.56 Å². The smallest absolute Gasteiger partial charge is 0.228 e. The minimum Gasteiger partial charge on any atom is -0.339 e. The van der Waals surface area contributed by atoms with Gasteiger partial charge in [-0.15, -0.1) is 0 Å². The van der Waals surface area contributed by atoms with Crippen LogP contribution in [0.3, 0.4) is 0 Å². The molecule has 1 aliphatic carbocycles. The van der Waals surface area contributed by atoms with Gasteiger partial charge < -0.3 is 10.3 Å². The summed E-state index contributed by atoms with van der Waals surface area (Å²) in [6, 6.07) is 5.51. The van der Waals surface area contributed by atoms with Crippen molar-refractivity contribution in [2.24, 2.45) is 11.7 Å². The normalized spacial score (nSPS) is 16.4. The topological polar surface area (TPSA) is 64.9 Å². The van der Waals surface area contributed by atoms with Crippen molar-refractivity contribution in [1.82, 2.24) is 10.1 Å². The number of rotatable bonds is 5. The molecule has 6 heteroatoms. The van der Waals surface area contributed by atoms with E-state index >= 15 is 0 Å². The molecule has 3 rings (SSSR count). The summed E-state index contributed by atoms with van der Waals surface area (Å²) >= 11 is 12.0. The SMILES string of the molecule is NC(Cc1nc(Cc2ccc(Cl)cc2Cl)no1)C1CC1. The van der Waals surface area contributed by atoms with Gasteiger partial charge in [0.15, 0.2) is 5.82 Å². The molecule has 1 aromatic carbocycles. The zero-order valence-corrected chi connectivity index (χ0v) is 12.4. The van der Waals surface area contributed by atoms with E-state index in [-0.39, 0.29) is 6.04 Å². The van der Waals surface area contributed by atoms with Crippen molar-refractivity contribution in [3.63, 3.8) is 0 Å². The van der Waals surface area contributed by atoms with Crippen LogP contribution in [0.25, 0.3) is 0 Å². The first-order valence-corrected chi connectivity index (χ1v) is 7.38. The maximum Gasteiger partial charge on any atom is 0.228 e. The van der Waals surface area contributed by atoms with Crippen molar-refractivity contribution in [2.75, 3.05) is 0 Å². The third-order valence-corrected chi connectivity index (χ3v) is 4.10. The van der Waals surface area contributed by atoms with E-state index in [1.807, 2.05) is 6.07 Å². The van der Waals surface area contributed by atoms with Crippen molar-refractivity contribution < 1.29 is 4.52 Å². The van der Waals surface area contributed by atoms with Crippen LogP contribution in [-0.2, 0) is 12.8 Å². The van der Waals surface area contributed by atoms with Gasteiger partial charge in [0.25, 0.3) is 0 Å². The summed E-state index contributed by atoms with van der Waals surface area (Å²) in [4.78, 5) is 4.37. The molecule has 1 aromatic heterocycles. The van der Waals surface area contributed by atoms with Gasteiger partial charge >= 0.3 is 0 Å². The van der Waals surface area contributed by atoms with Crippen LogP contribution in [0.1, 0.15) is 30.1 Å². The summed E-state index contributed by atoms with van der Waals surface area (Å²) in [5.41, 5.74) is 6.98. The standard InChI is InChI=1S/C14H15Cl2N3O/c15-10-4-3-9(11(16)6-10)5-13-18-14(20-19-13)7-12(17)8-1-2-8/h3-4,6,8,12H,1-2,5,7,17H2. The van der Waals surface area contributed by atoms with Gasteiger partial charge in [-0.05, 0) is 36.5 Å². The fourth-order valence-electron chi connectivity index (χ4n) is 2.17. The average Bonchev–Trinajstić information content (AvgIpc) is 3.16. The van der Waals surface area contributed by atoms with Gasteiger partial charge in [0.1, 0.15) is 0 Å². The molecule has 1 heterocycles. The van der Waals surface area contributed by atoms with Crippen molar-refractivity contribution >= 4 is 23.2 Å². The Balaban J connectivity index is 1.67. The number of nitrogens with zero attached hydrogens (tertiary/aromatic N) is 2. The maximum absolute atomic E-state index is 6.13. The fraction of sp³-hybridized carbons (Fsp3) is 0.429. The molecule has 4 nitrogen and oxygen atoms in total. The number of aromatic nitrogens is 2. The van der Waals surface area contributed by atoms with E-state index in [2.05, 4.69) is 10.1 Å². The minimum atomic E-state index is 0.127. The predicted octanol–water partition coefficient (Wildman–Crippen LogP) is 3.25. The summed E-state index contributed by atoms with van der Waals surface area (Å²) < 4.78 is 5.24. The molecule has 1 atom stereocenters. The molecule has 2 aromatic rings. The van der Waals surface area contributed by atoms with E-state index in [1.54, 1.807) is 12.1 Å². The van der Waals surface area contributed by atoms with Crippen LogP contribution in [0.4, 0.5) is 0 Å². The summed E-state index contributed by atoms with van der Waals surface area (Å²) in [6.07, 6.45) is 3.59. The molecule has 0 amide bonds. The maximum atomic E-state index is 6.13. The molecule has 0 spiro atoms. The van der Waals surface area contributed by atoms with E-state index in [1.165, 1.54) is 12.8 Å². The summed E-state index contributed by atoms with van der Waals surface area (Å²) in [5.74, 6) is 1.84. The number of nitrogens with two attached hydrogens (primary N) is 1. The highest BCUT2D eigenvalue weighted by Gasteiger charge is 2.29. The molecule has 0 bridgehead atoms. The Labute approximate surface area is 127 Å². The summed E-state index contributed by atoms with van der Waals surface area (Å²) in [6.45, 7) is 0. The highest BCUT2D eigenvalue weighted by atomic mass is 35.5. The first-order chi connectivity index (χ1) is 9.61. The van der Waals surface area contributed by atoms with Crippen LogP contribution in [0.15, 0.2) is 22.7 Å². The van der Waals surface area contributed by atoms with Crippen molar-refractivity contribution in [3.8, 4) is 0 Å². The number of hydrogen-bond donors (Lipinski definition) is 1. The minimum absolute atomic E-state index is 0.127. The Hall–Kier alpha value is -1.10. The Morgan fingerprint density at radius 3 is 2.85 bits per heavy atom. The first kappa shape index (κ1) is 13.9. The van der Waals surface area contributed by atoms with E-state index < -0.39 is 0 Å². The first-order valence-electron chi connectivity index (χ1n) is 6.63. The molecule has 1 saturated carbocycles. The molecule has 2 N–H and O–H groups in total. The average molecular weight is 312 g/mol. The molecule has 0 saturated heterocycles. The van der Waals surface area contributed by atoms with Crippen LogP contribution in [0.5, 0.6) is 0 Å². The number of hydrogen-bond acceptors (Lipinski definition) is 4. The molecule has 1 fully saturated rings. The van der Waals surface area contributed by atoms with Crippen LogP contribution in [0, 0.1) is 5.92 Å². The van der Waals surface area contributed by atoms with Gasteiger partial charge in [-0.3, -0.25) is 0 Å². The van der Waals surface area contributed by atoms with E-state index in [4.69, 9.17) is 33.5 Å². The highest BCUT2D eigenvalue weighted by Crippen LogP contribution is 2.32. The third-order valence-electron chi connectivity index (χ3n) is 3.51. The predicted molar refractivity (Wildman–Crippen MR) is 78.0 cm³/mol. The lowest BCUT2D eigenvalue weighted by atomic mass is 10.1. The molecule has 1 unspecified atom stereocenters. The monoisotopic (exact) mass is 311 g/mol. The second kappa shape index (κ2) is 5.72. The zero-order chi connectivity index (χ0) is 14.1. The summed E-state index contributed by atoms with van der Waals surface area (Å²) in [7, 11) is 0.